The molecular formula is C28H25N3O3S. The molecule has 0 aromatic heterocycles. The quantitative estimate of drug-likeness (QED) is 0.301. The molecule has 1 heterocycles. The van der Waals surface area contributed by atoms with Crippen LogP contribution < -0.4 is 15.4 Å². The van der Waals surface area contributed by atoms with Crippen LogP contribution in [0.1, 0.15) is 16.7 Å². The summed E-state index contributed by atoms with van der Waals surface area (Å²) in [6, 6.07) is 33.5. The highest BCUT2D eigenvalue weighted by molar-refractivity contribution is 7.89. The molecule has 1 aliphatic rings. The summed E-state index contributed by atoms with van der Waals surface area (Å²) in [5.74, 6) is 0. The molecule has 6 nitrogen and oxygen atoms in total. The zero-order valence-corrected chi connectivity index (χ0v) is 19.7. The van der Waals surface area contributed by atoms with Crippen molar-refractivity contribution in [2.75, 3.05) is 10.6 Å². The predicted molar refractivity (Wildman–Crippen MR) is 140 cm³/mol. The van der Waals surface area contributed by atoms with Crippen LogP contribution >= 0.6 is 0 Å². The third-order valence-corrected chi connectivity index (χ3v) is 7.27. The molecule has 7 heteroatoms. The van der Waals surface area contributed by atoms with Crippen LogP contribution in [0, 0.1) is 0 Å². The van der Waals surface area contributed by atoms with Gasteiger partial charge in [0.15, 0.2) is 6.23 Å². The van der Waals surface area contributed by atoms with E-state index in [2.05, 4.69) is 15.4 Å². The summed E-state index contributed by atoms with van der Waals surface area (Å²) >= 11 is 0. The van der Waals surface area contributed by atoms with Crippen molar-refractivity contribution in [1.29, 1.82) is 0 Å². The van der Waals surface area contributed by atoms with Crippen molar-refractivity contribution in [2.45, 2.75) is 17.7 Å². The zero-order valence-electron chi connectivity index (χ0n) is 18.8. The molecule has 0 aliphatic carbocycles. The monoisotopic (exact) mass is 483 g/mol. The number of aliphatic hydroxyl groups is 1. The van der Waals surface area contributed by atoms with Crippen LogP contribution in [0.2, 0.25) is 0 Å². The third-order valence-electron chi connectivity index (χ3n) is 5.86. The Morgan fingerprint density at radius 3 is 2.14 bits per heavy atom. The highest BCUT2D eigenvalue weighted by Crippen LogP contribution is 2.39. The summed E-state index contributed by atoms with van der Waals surface area (Å²) in [6.07, 6.45) is -0.846. The molecule has 0 amide bonds. The van der Waals surface area contributed by atoms with Crippen LogP contribution in [0.5, 0.6) is 0 Å². The van der Waals surface area contributed by atoms with E-state index < -0.39 is 16.3 Å². The maximum Gasteiger partial charge on any atom is 0.240 e. The van der Waals surface area contributed by atoms with Crippen LogP contribution in [0.4, 0.5) is 11.4 Å². The fourth-order valence-corrected chi connectivity index (χ4v) is 5.13. The zero-order chi connectivity index (χ0) is 24.3. The van der Waals surface area contributed by atoms with Crippen LogP contribution in [-0.4, -0.2) is 19.8 Å². The Hall–Kier alpha value is -3.91. The van der Waals surface area contributed by atoms with Gasteiger partial charge >= 0.3 is 0 Å². The second-order valence-electron chi connectivity index (χ2n) is 8.21. The Balaban J connectivity index is 1.40. The fraction of sp³-hybridized carbons (Fsp3) is 0.0714. The van der Waals surface area contributed by atoms with Gasteiger partial charge in [-0.15, -0.1) is 0 Å². The van der Waals surface area contributed by atoms with E-state index in [4.69, 9.17) is 0 Å². The number of anilines is 2. The van der Waals surface area contributed by atoms with E-state index in [-0.39, 0.29) is 11.4 Å². The molecule has 1 atom stereocenters. The first-order valence-corrected chi connectivity index (χ1v) is 12.7. The molecule has 4 aromatic rings. The fourth-order valence-electron chi connectivity index (χ4n) is 4.09. The van der Waals surface area contributed by atoms with E-state index >= 15 is 0 Å². The molecule has 0 saturated heterocycles. The van der Waals surface area contributed by atoms with Crippen molar-refractivity contribution < 1.29 is 13.5 Å². The Bertz CT molecular complexity index is 1450. The van der Waals surface area contributed by atoms with Gasteiger partial charge in [-0.1, -0.05) is 78.9 Å². The van der Waals surface area contributed by atoms with Gasteiger partial charge in [0.2, 0.25) is 10.0 Å². The standard InChI is InChI=1S/C28H25N3O3S/c32-28-26(24-13-7-8-14-25(24)31-28)27(21-9-3-1-4-10-21)30-22-17-15-20(16-18-22)19-29-35(33,34)23-11-5-2-6-12-23/h1-18,28-32H,19H2/b27-26-. The smallest absolute Gasteiger partial charge is 0.240 e. The second kappa shape index (κ2) is 9.76. The molecule has 5 rings (SSSR count). The van der Waals surface area contributed by atoms with Gasteiger partial charge in [-0.05, 0) is 41.5 Å². The van der Waals surface area contributed by atoms with Gasteiger partial charge in [-0.2, -0.15) is 0 Å². The number of rotatable bonds is 7. The first-order chi connectivity index (χ1) is 17.0. The molecule has 176 valence electrons. The van der Waals surface area contributed by atoms with Gasteiger partial charge in [-0.25, -0.2) is 13.1 Å². The van der Waals surface area contributed by atoms with Gasteiger partial charge in [0.25, 0.3) is 0 Å². The Morgan fingerprint density at radius 1 is 0.800 bits per heavy atom. The van der Waals surface area contributed by atoms with Crippen molar-refractivity contribution in [2.24, 2.45) is 0 Å². The number of benzene rings is 4. The van der Waals surface area contributed by atoms with Gasteiger partial charge < -0.3 is 15.7 Å². The third kappa shape index (κ3) is 4.97. The summed E-state index contributed by atoms with van der Waals surface area (Å²) in [7, 11) is -3.58. The molecule has 35 heavy (non-hydrogen) atoms. The predicted octanol–water partition coefficient (Wildman–Crippen LogP) is 4.89. The van der Waals surface area contributed by atoms with Crippen LogP contribution in [0.3, 0.4) is 0 Å². The van der Waals surface area contributed by atoms with E-state index in [1.54, 1.807) is 30.3 Å². The van der Waals surface area contributed by atoms with E-state index in [9.17, 15) is 13.5 Å². The molecule has 4 aromatic carbocycles. The lowest BCUT2D eigenvalue weighted by Crippen LogP contribution is -2.23. The number of hydrogen-bond acceptors (Lipinski definition) is 5. The van der Waals surface area contributed by atoms with E-state index in [0.29, 0.717) is 0 Å². The Labute approximate surface area is 205 Å². The minimum absolute atomic E-state index is 0.181. The molecule has 0 fully saturated rings. The maximum atomic E-state index is 12.5. The highest BCUT2D eigenvalue weighted by Gasteiger charge is 2.28. The van der Waals surface area contributed by atoms with E-state index in [0.717, 1.165) is 39.3 Å². The van der Waals surface area contributed by atoms with Crippen LogP contribution in [-0.2, 0) is 16.6 Å². The number of aliphatic hydroxyl groups excluding tert-OH is 1. The normalized spacial score (nSPS) is 16.3. The number of nitrogens with one attached hydrogen (secondary N) is 3. The molecule has 0 bridgehead atoms. The van der Waals surface area contributed by atoms with Crippen LogP contribution in [0.25, 0.3) is 11.3 Å². The Kier molecular flexibility index (Phi) is 6.37. The molecule has 1 aliphatic heterocycles. The lowest BCUT2D eigenvalue weighted by Gasteiger charge is -2.18. The molecule has 0 spiro atoms. The molecular weight excluding hydrogens is 458 g/mol. The maximum absolute atomic E-state index is 12.5. The van der Waals surface area contributed by atoms with E-state index in [1.807, 2.05) is 78.9 Å². The summed E-state index contributed by atoms with van der Waals surface area (Å²) in [5, 5.41) is 17.4. The first-order valence-electron chi connectivity index (χ1n) is 11.3. The lowest BCUT2D eigenvalue weighted by atomic mass is 9.99. The topological polar surface area (TPSA) is 90.5 Å². The van der Waals surface area contributed by atoms with Gasteiger partial charge in [0, 0.05) is 29.1 Å². The largest absolute Gasteiger partial charge is 0.369 e. The van der Waals surface area contributed by atoms with Crippen molar-refractivity contribution in [3.8, 4) is 0 Å². The average Bonchev–Trinajstić information content (AvgIpc) is 3.23. The number of para-hydroxylation sites is 1. The lowest BCUT2D eigenvalue weighted by molar-refractivity contribution is 0.266. The van der Waals surface area contributed by atoms with Gasteiger partial charge in [0.1, 0.15) is 0 Å². The molecule has 4 N–H and O–H groups in total. The Morgan fingerprint density at radius 2 is 1.43 bits per heavy atom. The second-order valence-corrected chi connectivity index (χ2v) is 9.97. The minimum Gasteiger partial charge on any atom is -0.369 e. The highest BCUT2D eigenvalue weighted by atomic mass is 32.2. The van der Waals surface area contributed by atoms with Crippen molar-refractivity contribution in [1.82, 2.24) is 4.72 Å². The van der Waals surface area contributed by atoms with Crippen LogP contribution in [0.15, 0.2) is 114 Å². The van der Waals surface area contributed by atoms with Crippen molar-refractivity contribution in [3.63, 3.8) is 0 Å². The molecule has 0 saturated carbocycles. The summed E-state index contributed by atoms with van der Waals surface area (Å²) < 4.78 is 27.6. The average molecular weight is 484 g/mol. The van der Waals surface area contributed by atoms with Gasteiger partial charge in [0.05, 0.1) is 10.6 Å². The van der Waals surface area contributed by atoms with Gasteiger partial charge in [-0.3, -0.25) is 0 Å². The summed E-state index contributed by atoms with van der Waals surface area (Å²) in [4.78, 5) is 0.237. The van der Waals surface area contributed by atoms with Crippen molar-refractivity contribution >= 4 is 32.7 Å². The summed E-state index contributed by atoms with van der Waals surface area (Å²) in [6.45, 7) is 0.181. The van der Waals surface area contributed by atoms with E-state index in [1.165, 1.54) is 0 Å². The molecule has 1 unspecified atom stereocenters. The number of sulfonamides is 1. The minimum atomic E-state index is -3.58. The van der Waals surface area contributed by atoms with Crippen molar-refractivity contribution in [3.05, 3.63) is 126 Å². The summed E-state index contributed by atoms with van der Waals surface area (Å²) in [5.41, 5.74) is 5.99. The SMILES string of the molecule is O=S(=O)(NCc1ccc(N/C(=C2/c3ccccc3NC2O)c2ccccc2)cc1)c1ccccc1. The number of fused-ring (bicyclic) bond motifs is 1. The first kappa shape index (κ1) is 22.9. The molecule has 0 radical (unpaired) electrons. The number of hydrogen-bond donors (Lipinski definition) is 4.